The molecule has 0 aromatic heterocycles. The first-order valence-electron chi connectivity index (χ1n) is 9.61. The van der Waals surface area contributed by atoms with Gasteiger partial charge in [-0.1, -0.05) is 0 Å². The summed E-state index contributed by atoms with van der Waals surface area (Å²) in [5.41, 5.74) is 2.11. The summed E-state index contributed by atoms with van der Waals surface area (Å²) in [7, 11) is 3.20. The SMILES string of the molecule is COc1cc2c(cc1OC)C(CCCOC1CCCCO1)N(C(=O)O)CC2. The molecule has 0 aliphatic carbocycles. The molecule has 0 radical (unpaired) electrons. The fraction of sp³-hybridized carbons (Fsp3) is 0.650. The summed E-state index contributed by atoms with van der Waals surface area (Å²) in [6, 6.07) is 3.67. The zero-order chi connectivity index (χ0) is 19.2. The zero-order valence-electron chi connectivity index (χ0n) is 16.1. The minimum atomic E-state index is -0.892. The molecule has 1 aromatic rings. The van der Waals surface area contributed by atoms with Crippen molar-refractivity contribution >= 4 is 6.09 Å². The lowest BCUT2D eigenvalue weighted by atomic mass is 9.89. The lowest BCUT2D eigenvalue weighted by Crippen LogP contribution is -2.39. The number of rotatable bonds is 7. The van der Waals surface area contributed by atoms with E-state index >= 15 is 0 Å². The van der Waals surface area contributed by atoms with Crippen LogP contribution in [0.15, 0.2) is 12.1 Å². The van der Waals surface area contributed by atoms with Crippen molar-refractivity contribution in [3.63, 3.8) is 0 Å². The predicted molar refractivity (Wildman–Crippen MR) is 99.5 cm³/mol. The van der Waals surface area contributed by atoms with Crippen LogP contribution in [-0.4, -0.2) is 56.4 Å². The Balaban J connectivity index is 1.69. The van der Waals surface area contributed by atoms with Crippen LogP contribution >= 0.6 is 0 Å². The van der Waals surface area contributed by atoms with E-state index in [1.54, 1.807) is 14.2 Å². The van der Waals surface area contributed by atoms with E-state index < -0.39 is 6.09 Å². The molecule has 2 heterocycles. The Morgan fingerprint density at radius 2 is 2.04 bits per heavy atom. The fourth-order valence-corrected chi connectivity index (χ4v) is 3.90. The van der Waals surface area contributed by atoms with E-state index in [4.69, 9.17) is 18.9 Å². The summed E-state index contributed by atoms with van der Waals surface area (Å²) in [6.07, 6.45) is 4.29. The Hall–Kier alpha value is -1.99. The molecule has 1 aromatic carbocycles. The second-order valence-electron chi connectivity index (χ2n) is 6.96. The first-order valence-corrected chi connectivity index (χ1v) is 9.61. The second kappa shape index (κ2) is 9.28. The van der Waals surface area contributed by atoms with Crippen LogP contribution < -0.4 is 9.47 Å². The highest BCUT2D eigenvalue weighted by atomic mass is 16.7. The van der Waals surface area contributed by atoms with Crippen molar-refractivity contribution in [2.75, 3.05) is 34.0 Å². The molecule has 3 rings (SSSR count). The van der Waals surface area contributed by atoms with Crippen LogP contribution in [0.3, 0.4) is 0 Å². The van der Waals surface area contributed by atoms with Crippen molar-refractivity contribution in [2.45, 2.75) is 50.9 Å². The maximum Gasteiger partial charge on any atom is 0.407 e. The number of hydrogen-bond acceptors (Lipinski definition) is 5. The summed E-state index contributed by atoms with van der Waals surface area (Å²) in [6.45, 7) is 1.81. The van der Waals surface area contributed by atoms with Crippen LogP contribution in [0.1, 0.15) is 49.3 Å². The van der Waals surface area contributed by atoms with Crippen LogP contribution in [0.25, 0.3) is 0 Å². The number of nitrogens with zero attached hydrogens (tertiary/aromatic N) is 1. The van der Waals surface area contributed by atoms with Gasteiger partial charge in [-0.2, -0.15) is 0 Å². The molecule has 1 N–H and O–H groups in total. The maximum atomic E-state index is 11.8. The Morgan fingerprint density at radius 3 is 2.70 bits per heavy atom. The lowest BCUT2D eigenvalue weighted by molar-refractivity contribution is -0.163. The Labute approximate surface area is 160 Å². The number of amides is 1. The van der Waals surface area contributed by atoms with Gasteiger partial charge in [-0.3, -0.25) is 0 Å². The first kappa shape index (κ1) is 19.8. The predicted octanol–water partition coefficient (Wildman–Crippen LogP) is 3.60. The van der Waals surface area contributed by atoms with Crippen LogP contribution in [0.5, 0.6) is 11.5 Å². The summed E-state index contributed by atoms with van der Waals surface area (Å²) in [5, 5.41) is 9.64. The van der Waals surface area contributed by atoms with Gasteiger partial charge >= 0.3 is 6.09 Å². The van der Waals surface area contributed by atoms with Crippen LogP contribution in [-0.2, 0) is 15.9 Å². The van der Waals surface area contributed by atoms with E-state index in [2.05, 4.69) is 0 Å². The largest absolute Gasteiger partial charge is 0.493 e. The fourth-order valence-electron chi connectivity index (χ4n) is 3.90. The summed E-state index contributed by atoms with van der Waals surface area (Å²) < 4.78 is 22.2. The second-order valence-corrected chi connectivity index (χ2v) is 6.96. The van der Waals surface area contributed by atoms with E-state index in [-0.39, 0.29) is 12.3 Å². The minimum Gasteiger partial charge on any atom is -0.493 e. The number of methoxy groups -OCH3 is 2. The molecule has 2 aliphatic rings. The first-order chi connectivity index (χ1) is 13.1. The Morgan fingerprint density at radius 1 is 1.26 bits per heavy atom. The molecule has 0 spiro atoms. The normalized spacial score (nSPS) is 22.2. The number of carboxylic acid groups (broad SMARTS) is 1. The molecule has 1 fully saturated rings. The van der Waals surface area contributed by atoms with Gasteiger partial charge in [-0.25, -0.2) is 4.79 Å². The molecular weight excluding hydrogens is 350 g/mol. The van der Waals surface area contributed by atoms with Gasteiger partial charge < -0.3 is 29.0 Å². The van der Waals surface area contributed by atoms with E-state index in [0.717, 1.165) is 43.4 Å². The number of fused-ring (bicyclic) bond motifs is 1. The molecule has 2 aliphatic heterocycles. The summed E-state index contributed by atoms with van der Waals surface area (Å²) >= 11 is 0. The van der Waals surface area contributed by atoms with Gasteiger partial charge in [0, 0.05) is 19.8 Å². The van der Waals surface area contributed by atoms with E-state index in [1.807, 2.05) is 12.1 Å². The van der Waals surface area contributed by atoms with Gasteiger partial charge in [-0.15, -0.1) is 0 Å². The van der Waals surface area contributed by atoms with Gasteiger partial charge in [0.2, 0.25) is 0 Å². The van der Waals surface area contributed by atoms with Crippen LogP contribution in [0, 0.1) is 0 Å². The molecule has 0 saturated carbocycles. The standard InChI is InChI=1S/C20H29NO6/c1-24-17-12-14-8-9-21(20(22)23)16(15(14)13-18(17)25-2)6-5-11-27-19-7-3-4-10-26-19/h12-13,16,19H,3-11H2,1-2H3,(H,22,23). The number of hydrogen-bond donors (Lipinski definition) is 1. The molecule has 7 nitrogen and oxygen atoms in total. The number of carbonyl (C=O) groups is 1. The quantitative estimate of drug-likeness (QED) is 0.730. The number of benzene rings is 1. The van der Waals surface area contributed by atoms with Crippen LogP contribution in [0.4, 0.5) is 4.79 Å². The van der Waals surface area contributed by atoms with Crippen molar-refractivity contribution in [3.05, 3.63) is 23.3 Å². The highest BCUT2D eigenvalue weighted by Gasteiger charge is 2.31. The third kappa shape index (κ3) is 4.65. The van der Waals surface area contributed by atoms with Gasteiger partial charge in [0.05, 0.1) is 20.3 Å². The molecule has 2 atom stereocenters. The molecule has 7 heteroatoms. The topological polar surface area (TPSA) is 77.5 Å². The van der Waals surface area contributed by atoms with E-state index in [0.29, 0.717) is 37.5 Å². The smallest absolute Gasteiger partial charge is 0.407 e. The van der Waals surface area contributed by atoms with Crippen LogP contribution in [0.2, 0.25) is 0 Å². The minimum absolute atomic E-state index is 0.114. The van der Waals surface area contributed by atoms with Gasteiger partial charge in [-0.05, 0) is 61.8 Å². The third-order valence-corrected chi connectivity index (χ3v) is 5.31. The monoisotopic (exact) mass is 379 g/mol. The molecule has 0 bridgehead atoms. The molecule has 1 saturated heterocycles. The molecule has 2 unspecified atom stereocenters. The van der Waals surface area contributed by atoms with Crippen molar-refractivity contribution in [1.82, 2.24) is 4.90 Å². The highest BCUT2D eigenvalue weighted by molar-refractivity contribution is 5.67. The van der Waals surface area contributed by atoms with Crippen molar-refractivity contribution in [1.29, 1.82) is 0 Å². The summed E-state index contributed by atoms with van der Waals surface area (Å²) in [4.78, 5) is 13.3. The number of ether oxygens (including phenoxy) is 4. The maximum absolute atomic E-state index is 11.8. The lowest BCUT2D eigenvalue weighted by Gasteiger charge is -2.36. The third-order valence-electron chi connectivity index (χ3n) is 5.31. The van der Waals surface area contributed by atoms with Gasteiger partial charge in [0.15, 0.2) is 17.8 Å². The molecular formula is C20H29NO6. The zero-order valence-corrected chi connectivity index (χ0v) is 16.1. The average molecular weight is 379 g/mol. The average Bonchev–Trinajstić information content (AvgIpc) is 2.70. The Kier molecular flexibility index (Phi) is 6.79. The highest BCUT2D eigenvalue weighted by Crippen LogP contribution is 2.39. The van der Waals surface area contributed by atoms with Gasteiger partial charge in [0.25, 0.3) is 0 Å². The van der Waals surface area contributed by atoms with Crippen molar-refractivity contribution in [3.8, 4) is 11.5 Å². The van der Waals surface area contributed by atoms with Crippen molar-refractivity contribution in [2.24, 2.45) is 0 Å². The van der Waals surface area contributed by atoms with E-state index in [9.17, 15) is 9.90 Å². The van der Waals surface area contributed by atoms with Gasteiger partial charge in [0.1, 0.15) is 0 Å². The molecule has 1 amide bonds. The summed E-state index contributed by atoms with van der Waals surface area (Å²) in [5.74, 6) is 1.30. The molecule has 27 heavy (non-hydrogen) atoms. The molecule has 150 valence electrons. The Bertz CT molecular complexity index is 644. The van der Waals surface area contributed by atoms with Crippen molar-refractivity contribution < 1.29 is 28.8 Å². The van der Waals surface area contributed by atoms with E-state index in [1.165, 1.54) is 4.90 Å².